The monoisotopic (exact) mass is 282 g/mol. The SMILES string of the molecule is COCC(N)C(=O)N(C)Cc1ccc(OC)c(OC)c1. The van der Waals surface area contributed by atoms with E-state index in [9.17, 15) is 4.79 Å². The van der Waals surface area contributed by atoms with Gasteiger partial charge in [0, 0.05) is 20.7 Å². The normalized spacial score (nSPS) is 11.8. The van der Waals surface area contributed by atoms with E-state index in [1.807, 2.05) is 18.2 Å². The second-order valence-electron chi connectivity index (χ2n) is 4.45. The Morgan fingerprint density at radius 1 is 1.25 bits per heavy atom. The fraction of sp³-hybridized carbons (Fsp3) is 0.500. The smallest absolute Gasteiger partial charge is 0.241 e. The molecule has 0 aliphatic heterocycles. The molecule has 0 saturated carbocycles. The molecule has 20 heavy (non-hydrogen) atoms. The lowest BCUT2D eigenvalue weighted by molar-refractivity contribution is -0.132. The lowest BCUT2D eigenvalue weighted by Gasteiger charge is -2.21. The van der Waals surface area contributed by atoms with E-state index in [-0.39, 0.29) is 12.5 Å². The van der Waals surface area contributed by atoms with Gasteiger partial charge in [-0.05, 0) is 17.7 Å². The number of nitrogens with zero attached hydrogens (tertiary/aromatic N) is 1. The average molecular weight is 282 g/mol. The molecule has 1 amide bonds. The molecular weight excluding hydrogens is 260 g/mol. The lowest BCUT2D eigenvalue weighted by atomic mass is 10.1. The Kier molecular flexibility index (Phi) is 6.27. The summed E-state index contributed by atoms with van der Waals surface area (Å²) in [6.45, 7) is 0.645. The van der Waals surface area contributed by atoms with Crippen molar-refractivity contribution in [3.8, 4) is 11.5 Å². The van der Waals surface area contributed by atoms with E-state index < -0.39 is 6.04 Å². The maximum absolute atomic E-state index is 12.0. The predicted molar refractivity (Wildman–Crippen MR) is 75.9 cm³/mol. The van der Waals surface area contributed by atoms with Crippen LogP contribution in [0.3, 0.4) is 0 Å². The summed E-state index contributed by atoms with van der Waals surface area (Å²) in [6, 6.07) is 4.88. The molecule has 6 heteroatoms. The molecule has 0 heterocycles. The van der Waals surface area contributed by atoms with Gasteiger partial charge in [-0.2, -0.15) is 0 Å². The topological polar surface area (TPSA) is 74.0 Å². The van der Waals surface area contributed by atoms with E-state index in [0.29, 0.717) is 18.0 Å². The minimum atomic E-state index is -0.648. The van der Waals surface area contributed by atoms with Crippen LogP contribution in [0.4, 0.5) is 0 Å². The van der Waals surface area contributed by atoms with E-state index in [1.165, 1.54) is 7.11 Å². The van der Waals surface area contributed by atoms with Crippen LogP contribution in [0.1, 0.15) is 5.56 Å². The van der Waals surface area contributed by atoms with E-state index in [1.54, 1.807) is 26.2 Å². The number of hydrogen-bond acceptors (Lipinski definition) is 5. The van der Waals surface area contributed by atoms with Gasteiger partial charge in [-0.25, -0.2) is 0 Å². The number of hydrogen-bond donors (Lipinski definition) is 1. The molecule has 0 aliphatic carbocycles. The number of methoxy groups -OCH3 is 3. The summed E-state index contributed by atoms with van der Waals surface area (Å²) in [5.41, 5.74) is 6.66. The third-order valence-electron chi connectivity index (χ3n) is 2.91. The summed E-state index contributed by atoms with van der Waals surface area (Å²) in [7, 11) is 6.37. The highest BCUT2D eigenvalue weighted by atomic mass is 16.5. The molecule has 0 aliphatic rings. The van der Waals surface area contributed by atoms with Crippen molar-refractivity contribution in [1.82, 2.24) is 4.90 Å². The van der Waals surface area contributed by atoms with Gasteiger partial charge in [-0.1, -0.05) is 6.07 Å². The van der Waals surface area contributed by atoms with Crippen LogP contribution >= 0.6 is 0 Å². The number of carbonyl (C=O) groups is 1. The molecule has 112 valence electrons. The summed E-state index contributed by atoms with van der Waals surface area (Å²) in [6.07, 6.45) is 0. The van der Waals surface area contributed by atoms with Crippen molar-refractivity contribution in [2.24, 2.45) is 5.73 Å². The van der Waals surface area contributed by atoms with Gasteiger partial charge >= 0.3 is 0 Å². The molecule has 0 radical (unpaired) electrons. The molecular formula is C14H22N2O4. The van der Waals surface area contributed by atoms with E-state index in [4.69, 9.17) is 19.9 Å². The molecule has 1 aromatic rings. The first-order valence-corrected chi connectivity index (χ1v) is 6.23. The first-order chi connectivity index (χ1) is 9.53. The number of carbonyl (C=O) groups excluding carboxylic acids is 1. The number of benzene rings is 1. The van der Waals surface area contributed by atoms with Crippen LogP contribution < -0.4 is 15.2 Å². The van der Waals surface area contributed by atoms with Crippen molar-refractivity contribution in [1.29, 1.82) is 0 Å². The molecule has 1 rings (SSSR count). The quantitative estimate of drug-likeness (QED) is 0.794. The summed E-state index contributed by atoms with van der Waals surface area (Å²) >= 11 is 0. The Balaban J connectivity index is 2.75. The van der Waals surface area contributed by atoms with Crippen LogP contribution in [0.5, 0.6) is 11.5 Å². The van der Waals surface area contributed by atoms with Gasteiger partial charge in [-0.15, -0.1) is 0 Å². The average Bonchev–Trinajstić information content (AvgIpc) is 2.46. The number of ether oxygens (including phenoxy) is 3. The minimum absolute atomic E-state index is 0.165. The maximum atomic E-state index is 12.0. The van der Waals surface area contributed by atoms with Crippen LogP contribution in [-0.4, -0.2) is 51.8 Å². The molecule has 0 saturated heterocycles. The van der Waals surface area contributed by atoms with Crippen LogP contribution in [0.15, 0.2) is 18.2 Å². The minimum Gasteiger partial charge on any atom is -0.493 e. The lowest BCUT2D eigenvalue weighted by Crippen LogP contribution is -2.44. The largest absolute Gasteiger partial charge is 0.493 e. The number of likely N-dealkylation sites (N-methyl/N-ethyl adjacent to an activating group) is 1. The standard InChI is InChI=1S/C14H22N2O4/c1-16(14(17)11(15)9-18-2)8-10-5-6-12(19-3)13(7-10)20-4/h5-7,11H,8-9,15H2,1-4H3. The van der Waals surface area contributed by atoms with Gasteiger partial charge in [0.2, 0.25) is 5.91 Å². The Hall–Kier alpha value is -1.79. The molecule has 0 bridgehead atoms. The molecule has 6 nitrogen and oxygen atoms in total. The second-order valence-corrected chi connectivity index (χ2v) is 4.45. The van der Waals surface area contributed by atoms with Crippen molar-refractivity contribution in [3.05, 3.63) is 23.8 Å². The second kappa shape index (κ2) is 7.72. The van der Waals surface area contributed by atoms with E-state index >= 15 is 0 Å². The van der Waals surface area contributed by atoms with Crippen molar-refractivity contribution >= 4 is 5.91 Å². The van der Waals surface area contributed by atoms with Gasteiger partial charge in [0.25, 0.3) is 0 Å². The van der Waals surface area contributed by atoms with Crippen molar-refractivity contribution in [3.63, 3.8) is 0 Å². The number of amides is 1. The highest BCUT2D eigenvalue weighted by Crippen LogP contribution is 2.27. The third kappa shape index (κ3) is 4.11. The molecule has 1 atom stereocenters. The molecule has 0 fully saturated rings. The molecule has 0 aromatic heterocycles. The molecule has 1 unspecified atom stereocenters. The first kappa shape index (κ1) is 16.3. The maximum Gasteiger partial charge on any atom is 0.241 e. The van der Waals surface area contributed by atoms with Gasteiger partial charge in [0.05, 0.1) is 20.8 Å². The van der Waals surface area contributed by atoms with Gasteiger partial charge in [0.1, 0.15) is 6.04 Å². The van der Waals surface area contributed by atoms with Gasteiger partial charge in [-0.3, -0.25) is 4.79 Å². The fourth-order valence-electron chi connectivity index (χ4n) is 1.86. The molecule has 0 spiro atoms. The van der Waals surface area contributed by atoms with Crippen LogP contribution in [0, 0.1) is 0 Å². The summed E-state index contributed by atoms with van der Waals surface area (Å²) in [5.74, 6) is 1.12. The summed E-state index contributed by atoms with van der Waals surface area (Å²) < 4.78 is 15.3. The molecule has 2 N–H and O–H groups in total. The van der Waals surface area contributed by atoms with Crippen molar-refractivity contribution in [2.75, 3.05) is 35.0 Å². The van der Waals surface area contributed by atoms with Crippen molar-refractivity contribution in [2.45, 2.75) is 12.6 Å². The first-order valence-electron chi connectivity index (χ1n) is 6.23. The van der Waals surface area contributed by atoms with E-state index in [2.05, 4.69) is 0 Å². The Labute approximate surface area is 119 Å². The highest BCUT2D eigenvalue weighted by Gasteiger charge is 2.18. The zero-order valence-electron chi connectivity index (χ0n) is 12.4. The Morgan fingerprint density at radius 3 is 2.45 bits per heavy atom. The number of rotatable bonds is 7. The number of nitrogens with two attached hydrogens (primary N) is 1. The van der Waals surface area contributed by atoms with E-state index in [0.717, 1.165) is 5.56 Å². The zero-order valence-corrected chi connectivity index (χ0v) is 12.4. The van der Waals surface area contributed by atoms with Crippen molar-refractivity contribution < 1.29 is 19.0 Å². The predicted octanol–water partition coefficient (Wildman–Crippen LogP) is 0.636. The van der Waals surface area contributed by atoms with Crippen LogP contribution in [-0.2, 0) is 16.1 Å². The van der Waals surface area contributed by atoms with Gasteiger partial charge in [0.15, 0.2) is 11.5 Å². The third-order valence-corrected chi connectivity index (χ3v) is 2.91. The zero-order chi connectivity index (χ0) is 15.1. The van der Waals surface area contributed by atoms with Crippen LogP contribution in [0.2, 0.25) is 0 Å². The molecule has 1 aromatic carbocycles. The summed E-state index contributed by atoms with van der Waals surface area (Å²) in [5, 5.41) is 0. The highest BCUT2D eigenvalue weighted by molar-refractivity contribution is 5.81. The Bertz CT molecular complexity index is 451. The summed E-state index contributed by atoms with van der Waals surface area (Å²) in [4.78, 5) is 13.5. The Morgan fingerprint density at radius 2 is 1.90 bits per heavy atom. The fourth-order valence-corrected chi connectivity index (χ4v) is 1.86. The van der Waals surface area contributed by atoms with Crippen LogP contribution in [0.25, 0.3) is 0 Å². The van der Waals surface area contributed by atoms with Gasteiger partial charge < -0.3 is 24.8 Å².